The molecule has 2 aromatic carbocycles. The number of nitrogens with one attached hydrogen (secondary N) is 2. The Bertz CT molecular complexity index is 1320. The van der Waals surface area contributed by atoms with Gasteiger partial charge in [0.2, 0.25) is 17.7 Å². The molecule has 2 fully saturated rings. The zero-order chi connectivity index (χ0) is 29.4. The Kier molecular flexibility index (Phi) is 8.00. The quantitative estimate of drug-likeness (QED) is 0.420. The molecule has 214 valence electrons. The number of halogens is 5. The molecule has 2 aromatic rings. The van der Waals surface area contributed by atoms with Crippen LogP contribution in [0.1, 0.15) is 60.5 Å². The largest absolute Gasteiger partial charge is 0.416 e. The average molecular weight is 566 g/mol. The lowest BCUT2D eigenvalue weighted by atomic mass is 9.62. The van der Waals surface area contributed by atoms with E-state index in [-0.39, 0.29) is 32.4 Å². The Morgan fingerprint density at radius 2 is 1.65 bits per heavy atom. The predicted molar refractivity (Wildman–Crippen MR) is 133 cm³/mol. The molecule has 4 amide bonds. The molecule has 2 atom stereocenters. The maximum atomic E-state index is 14.3. The van der Waals surface area contributed by atoms with E-state index >= 15 is 0 Å². The summed E-state index contributed by atoms with van der Waals surface area (Å²) >= 11 is 0. The number of carbonyl (C=O) groups is 4. The van der Waals surface area contributed by atoms with E-state index in [0.29, 0.717) is 23.8 Å². The number of likely N-dealkylation sites (tertiary alicyclic amines) is 1. The molecule has 2 saturated heterocycles. The lowest BCUT2D eigenvalue weighted by Gasteiger charge is -2.48. The number of benzene rings is 2. The number of hydrogen-bond acceptors (Lipinski definition) is 4. The smallest absolute Gasteiger partial charge is 0.341 e. The van der Waals surface area contributed by atoms with Crippen molar-refractivity contribution in [2.24, 2.45) is 11.3 Å². The minimum absolute atomic E-state index is 0.0297. The lowest BCUT2D eigenvalue weighted by molar-refractivity contribution is -0.144. The molecule has 2 aliphatic heterocycles. The van der Waals surface area contributed by atoms with E-state index in [2.05, 4.69) is 10.6 Å². The fraction of sp³-hybridized carbons (Fsp3) is 0.429. The van der Waals surface area contributed by atoms with E-state index in [9.17, 15) is 41.1 Å². The monoisotopic (exact) mass is 565 g/mol. The number of alkyl halides is 3. The van der Waals surface area contributed by atoms with Gasteiger partial charge in [0.15, 0.2) is 0 Å². The van der Waals surface area contributed by atoms with E-state index in [1.54, 1.807) is 13.8 Å². The van der Waals surface area contributed by atoms with Gasteiger partial charge in [0, 0.05) is 19.5 Å². The van der Waals surface area contributed by atoms with Gasteiger partial charge in [-0.1, -0.05) is 26.0 Å². The lowest BCUT2D eigenvalue weighted by Crippen LogP contribution is -2.58. The summed E-state index contributed by atoms with van der Waals surface area (Å²) in [6.45, 7) is 3.53. The normalized spacial score (nSPS) is 19.9. The number of rotatable bonds is 5. The maximum Gasteiger partial charge on any atom is 0.416 e. The van der Waals surface area contributed by atoms with Gasteiger partial charge < -0.3 is 10.2 Å². The summed E-state index contributed by atoms with van der Waals surface area (Å²) in [6.07, 6.45) is -4.23. The van der Waals surface area contributed by atoms with Crippen LogP contribution >= 0.6 is 0 Å². The molecule has 2 aliphatic rings. The Hall–Kier alpha value is -3.83. The summed E-state index contributed by atoms with van der Waals surface area (Å²) < 4.78 is 67.1. The molecule has 40 heavy (non-hydrogen) atoms. The second-order valence-electron chi connectivity index (χ2n) is 10.6. The molecular formula is C28H28F5N3O4. The standard InChI is InChI=1S/C28H28F5N3O4/c1-15(2)23(35-24(38)19-13-17(28(31,32)33)5-8-20(19)30)26(40)36-11-9-27(10-12-36)14-21(37)34-25(39)22(27)16-3-6-18(29)7-4-16/h3-8,13,15,22-23H,9-12,14H2,1-2H3,(H,35,38)(H,34,37,39)/t22?,23-/m1/s1. The Morgan fingerprint density at radius 3 is 2.23 bits per heavy atom. The summed E-state index contributed by atoms with van der Waals surface area (Å²) in [5.74, 6) is -5.49. The first-order chi connectivity index (χ1) is 18.7. The first-order valence-electron chi connectivity index (χ1n) is 12.8. The summed E-state index contributed by atoms with van der Waals surface area (Å²) in [6, 6.07) is 5.75. The van der Waals surface area contributed by atoms with Crippen LogP contribution in [0.5, 0.6) is 0 Å². The summed E-state index contributed by atoms with van der Waals surface area (Å²) in [4.78, 5) is 52.9. The van der Waals surface area contributed by atoms with E-state index < -0.39 is 75.9 Å². The van der Waals surface area contributed by atoms with E-state index in [1.807, 2.05) is 0 Å². The minimum atomic E-state index is -4.79. The van der Waals surface area contributed by atoms with Gasteiger partial charge in [0.05, 0.1) is 17.0 Å². The van der Waals surface area contributed by atoms with E-state index in [4.69, 9.17) is 0 Å². The fourth-order valence-electron chi connectivity index (χ4n) is 5.56. The second-order valence-corrected chi connectivity index (χ2v) is 10.6. The number of imide groups is 1. The van der Waals surface area contributed by atoms with Crippen LogP contribution in [-0.4, -0.2) is 47.7 Å². The van der Waals surface area contributed by atoms with Crippen LogP contribution in [0.15, 0.2) is 42.5 Å². The highest BCUT2D eigenvalue weighted by molar-refractivity contribution is 6.02. The molecule has 2 N–H and O–H groups in total. The Labute approximate surface area is 227 Å². The van der Waals surface area contributed by atoms with Crippen LogP contribution in [0.25, 0.3) is 0 Å². The number of amides is 4. The molecule has 0 aliphatic carbocycles. The highest BCUT2D eigenvalue weighted by Crippen LogP contribution is 2.49. The predicted octanol–water partition coefficient (Wildman–Crippen LogP) is 4.18. The molecule has 1 unspecified atom stereocenters. The number of hydrogen-bond donors (Lipinski definition) is 2. The number of piperidine rings is 2. The third kappa shape index (κ3) is 5.85. The third-order valence-electron chi connectivity index (χ3n) is 7.68. The summed E-state index contributed by atoms with van der Waals surface area (Å²) in [7, 11) is 0. The SMILES string of the molecule is CC(C)[C@@H](NC(=O)c1cc(C(F)(F)F)ccc1F)C(=O)N1CCC2(CC1)CC(=O)NC(=O)C2c1ccc(F)cc1. The molecule has 1 spiro atoms. The second kappa shape index (κ2) is 11.0. The van der Waals surface area contributed by atoms with Crippen molar-refractivity contribution in [2.75, 3.05) is 13.1 Å². The van der Waals surface area contributed by atoms with Gasteiger partial charge >= 0.3 is 6.18 Å². The van der Waals surface area contributed by atoms with E-state index in [1.165, 1.54) is 29.2 Å². The van der Waals surface area contributed by atoms with Crippen molar-refractivity contribution in [3.63, 3.8) is 0 Å². The van der Waals surface area contributed by atoms with Crippen LogP contribution in [0.4, 0.5) is 22.0 Å². The molecule has 0 saturated carbocycles. The van der Waals surface area contributed by atoms with Gasteiger partial charge in [-0.05, 0) is 60.1 Å². The van der Waals surface area contributed by atoms with Crippen molar-refractivity contribution >= 4 is 23.6 Å². The first-order valence-corrected chi connectivity index (χ1v) is 12.8. The van der Waals surface area contributed by atoms with Crippen molar-refractivity contribution in [1.29, 1.82) is 0 Å². The highest BCUT2D eigenvalue weighted by atomic mass is 19.4. The topological polar surface area (TPSA) is 95.6 Å². The van der Waals surface area contributed by atoms with Crippen LogP contribution in [0, 0.1) is 23.0 Å². The first kappa shape index (κ1) is 29.2. The maximum absolute atomic E-state index is 14.3. The number of carbonyl (C=O) groups excluding carboxylic acids is 4. The summed E-state index contributed by atoms with van der Waals surface area (Å²) in [5, 5.41) is 4.72. The van der Waals surface area contributed by atoms with Crippen molar-refractivity contribution < 1.29 is 41.1 Å². The summed E-state index contributed by atoms with van der Waals surface area (Å²) in [5.41, 5.74) is -2.30. The van der Waals surface area contributed by atoms with Gasteiger partial charge in [-0.25, -0.2) is 8.78 Å². The van der Waals surface area contributed by atoms with Gasteiger partial charge in [-0.3, -0.25) is 24.5 Å². The molecule has 0 aromatic heterocycles. The van der Waals surface area contributed by atoms with E-state index in [0.717, 1.165) is 0 Å². The number of nitrogens with zero attached hydrogens (tertiary/aromatic N) is 1. The molecule has 4 rings (SSSR count). The highest BCUT2D eigenvalue weighted by Gasteiger charge is 2.51. The van der Waals surface area contributed by atoms with Crippen LogP contribution in [0.2, 0.25) is 0 Å². The van der Waals surface area contributed by atoms with Crippen LogP contribution in [-0.2, 0) is 20.6 Å². The molecule has 12 heteroatoms. The average Bonchev–Trinajstić information content (AvgIpc) is 2.87. The molecule has 2 heterocycles. The van der Waals surface area contributed by atoms with Gasteiger partial charge in [0.25, 0.3) is 5.91 Å². The van der Waals surface area contributed by atoms with Gasteiger partial charge in [-0.15, -0.1) is 0 Å². The van der Waals surface area contributed by atoms with Crippen molar-refractivity contribution in [2.45, 2.75) is 51.2 Å². The van der Waals surface area contributed by atoms with Gasteiger partial charge in [-0.2, -0.15) is 13.2 Å². The van der Waals surface area contributed by atoms with Crippen LogP contribution in [0.3, 0.4) is 0 Å². The molecular weight excluding hydrogens is 537 g/mol. The zero-order valence-corrected chi connectivity index (χ0v) is 21.8. The minimum Gasteiger partial charge on any atom is -0.341 e. The molecule has 7 nitrogen and oxygen atoms in total. The van der Waals surface area contributed by atoms with Crippen LogP contribution < -0.4 is 10.6 Å². The zero-order valence-electron chi connectivity index (χ0n) is 21.8. The van der Waals surface area contributed by atoms with Gasteiger partial charge in [0.1, 0.15) is 17.7 Å². The van der Waals surface area contributed by atoms with Crippen molar-refractivity contribution in [3.05, 3.63) is 70.8 Å². The fourth-order valence-corrected chi connectivity index (χ4v) is 5.56. The Morgan fingerprint density at radius 1 is 1.02 bits per heavy atom. The third-order valence-corrected chi connectivity index (χ3v) is 7.68. The Balaban J connectivity index is 1.51. The molecule has 0 bridgehead atoms. The van der Waals surface area contributed by atoms with Crippen molar-refractivity contribution in [1.82, 2.24) is 15.5 Å². The van der Waals surface area contributed by atoms with Crippen molar-refractivity contribution in [3.8, 4) is 0 Å². The molecule has 0 radical (unpaired) electrons.